The molecule has 4 rings (SSSR count). The van der Waals surface area contributed by atoms with E-state index in [1.807, 2.05) is 65.4 Å². The summed E-state index contributed by atoms with van der Waals surface area (Å²) in [7, 11) is 0. The van der Waals surface area contributed by atoms with E-state index in [0.29, 0.717) is 17.8 Å². The minimum Gasteiger partial charge on any atom is -0.399 e. The van der Waals surface area contributed by atoms with Crippen LogP contribution in [0, 0.1) is 17.5 Å². The molecule has 8 heteroatoms. The van der Waals surface area contributed by atoms with Gasteiger partial charge in [0.2, 0.25) is 0 Å². The summed E-state index contributed by atoms with van der Waals surface area (Å²) >= 11 is 0. The number of nitrogens with two attached hydrogens (primary N) is 1. The number of anilines is 2. The Labute approximate surface area is 188 Å². The highest BCUT2D eigenvalue weighted by Crippen LogP contribution is 2.22. The van der Waals surface area contributed by atoms with Gasteiger partial charge in [0.05, 0.1) is 6.54 Å². The molecule has 4 aromatic rings. The van der Waals surface area contributed by atoms with Crippen LogP contribution in [0.2, 0.25) is 0 Å². The summed E-state index contributed by atoms with van der Waals surface area (Å²) in [6, 6.07) is 20.5. The Bertz CT molecular complexity index is 1230. The summed E-state index contributed by atoms with van der Waals surface area (Å²) in [4.78, 5) is 14.5. The zero-order valence-electron chi connectivity index (χ0n) is 17.5. The Kier molecular flexibility index (Phi) is 6.35. The fraction of sp³-hybridized carbons (Fsp3) is 0.0800. The fourth-order valence-electron chi connectivity index (χ4n) is 3.48. The highest BCUT2D eigenvalue weighted by Gasteiger charge is 2.21. The molecule has 1 heterocycles. The average molecular weight is 450 g/mol. The molecule has 0 aliphatic carbocycles. The number of aromatic nitrogens is 1. The Morgan fingerprint density at radius 3 is 2.21 bits per heavy atom. The summed E-state index contributed by atoms with van der Waals surface area (Å²) in [5, 5.41) is 2.25. The molecule has 0 atom stereocenters. The molecule has 0 saturated carbocycles. The standard InChI is InChI=1S/C25H21F3N4O/c26-18-13-22(27)24(23(28)14-18)30-25(33)31(15-17-5-2-1-3-6-17)16-21-7-4-12-32(21)20-10-8-19(29)9-11-20/h1-14H,15-16,29H2,(H,30,33). The van der Waals surface area contributed by atoms with Crippen molar-refractivity contribution in [2.75, 3.05) is 11.1 Å². The van der Waals surface area contributed by atoms with Crippen LogP contribution >= 0.6 is 0 Å². The number of hydrogen-bond donors (Lipinski definition) is 2. The predicted molar refractivity (Wildman–Crippen MR) is 121 cm³/mol. The van der Waals surface area contributed by atoms with E-state index in [1.165, 1.54) is 4.90 Å². The smallest absolute Gasteiger partial charge is 0.322 e. The van der Waals surface area contributed by atoms with E-state index in [2.05, 4.69) is 5.32 Å². The van der Waals surface area contributed by atoms with Crippen LogP contribution in [0.25, 0.3) is 5.69 Å². The molecular weight excluding hydrogens is 429 g/mol. The number of nitrogens with one attached hydrogen (secondary N) is 1. The molecule has 0 saturated heterocycles. The van der Waals surface area contributed by atoms with Crippen LogP contribution in [0.1, 0.15) is 11.3 Å². The second-order valence-corrected chi connectivity index (χ2v) is 7.48. The van der Waals surface area contributed by atoms with Gasteiger partial charge >= 0.3 is 6.03 Å². The normalized spacial score (nSPS) is 10.8. The third-order valence-corrected chi connectivity index (χ3v) is 5.10. The molecule has 3 N–H and O–H groups in total. The Balaban J connectivity index is 1.63. The van der Waals surface area contributed by atoms with Gasteiger partial charge in [-0.2, -0.15) is 0 Å². The molecule has 1 aromatic heterocycles. The number of halogens is 3. The number of urea groups is 1. The number of benzene rings is 3. The molecular formula is C25H21F3N4O. The van der Waals surface area contributed by atoms with Crippen molar-refractivity contribution >= 4 is 17.4 Å². The molecule has 0 aliphatic rings. The van der Waals surface area contributed by atoms with Crippen molar-refractivity contribution in [3.8, 4) is 5.69 Å². The van der Waals surface area contributed by atoms with Gasteiger partial charge in [0.25, 0.3) is 0 Å². The summed E-state index contributed by atoms with van der Waals surface area (Å²) in [6.45, 7) is 0.326. The Morgan fingerprint density at radius 2 is 1.55 bits per heavy atom. The quantitative estimate of drug-likeness (QED) is 0.370. The minimum absolute atomic E-state index is 0.141. The lowest BCUT2D eigenvalue weighted by Crippen LogP contribution is -2.35. The predicted octanol–water partition coefficient (Wildman–Crippen LogP) is 5.71. The van der Waals surface area contributed by atoms with E-state index >= 15 is 0 Å². The molecule has 2 amide bonds. The number of carbonyl (C=O) groups excluding carboxylic acids is 1. The van der Waals surface area contributed by atoms with E-state index in [9.17, 15) is 18.0 Å². The maximum Gasteiger partial charge on any atom is 0.322 e. The highest BCUT2D eigenvalue weighted by atomic mass is 19.1. The van der Waals surface area contributed by atoms with Gasteiger partial charge in [0, 0.05) is 41.9 Å². The van der Waals surface area contributed by atoms with Crippen LogP contribution in [0.4, 0.5) is 29.3 Å². The molecule has 0 fully saturated rings. The Morgan fingerprint density at radius 1 is 0.879 bits per heavy atom. The van der Waals surface area contributed by atoms with Crippen LogP contribution in [-0.4, -0.2) is 15.5 Å². The number of carbonyl (C=O) groups is 1. The molecule has 0 aliphatic heterocycles. The van der Waals surface area contributed by atoms with E-state index in [-0.39, 0.29) is 13.1 Å². The first-order chi connectivity index (χ1) is 15.9. The summed E-state index contributed by atoms with van der Waals surface area (Å²) in [5.41, 5.74) is 8.15. The van der Waals surface area contributed by atoms with Crippen molar-refractivity contribution in [3.63, 3.8) is 0 Å². The first-order valence-corrected chi connectivity index (χ1v) is 10.2. The first kappa shape index (κ1) is 22.0. The number of hydrogen-bond acceptors (Lipinski definition) is 2. The highest BCUT2D eigenvalue weighted by molar-refractivity contribution is 5.89. The maximum absolute atomic E-state index is 14.1. The number of amides is 2. The van der Waals surface area contributed by atoms with Crippen LogP contribution in [0.15, 0.2) is 85.1 Å². The third kappa shape index (κ3) is 5.17. The van der Waals surface area contributed by atoms with Crippen molar-refractivity contribution in [1.29, 1.82) is 0 Å². The summed E-state index contributed by atoms with van der Waals surface area (Å²) in [5.74, 6) is -3.44. The van der Waals surface area contributed by atoms with Gasteiger partial charge in [-0.05, 0) is 42.0 Å². The zero-order valence-corrected chi connectivity index (χ0v) is 17.5. The lowest BCUT2D eigenvalue weighted by Gasteiger charge is -2.24. The van der Waals surface area contributed by atoms with Crippen molar-refractivity contribution in [2.45, 2.75) is 13.1 Å². The Hall–Kier alpha value is -4.20. The third-order valence-electron chi connectivity index (χ3n) is 5.10. The molecule has 0 radical (unpaired) electrons. The lowest BCUT2D eigenvalue weighted by atomic mass is 10.2. The van der Waals surface area contributed by atoms with Crippen LogP contribution in [0.3, 0.4) is 0 Å². The number of nitrogens with zero attached hydrogens (tertiary/aromatic N) is 2. The average Bonchev–Trinajstić information content (AvgIpc) is 3.25. The summed E-state index contributed by atoms with van der Waals surface area (Å²) in [6.07, 6.45) is 1.85. The molecule has 3 aromatic carbocycles. The monoisotopic (exact) mass is 450 g/mol. The zero-order chi connectivity index (χ0) is 23.4. The summed E-state index contributed by atoms with van der Waals surface area (Å²) < 4.78 is 43.4. The second kappa shape index (κ2) is 9.52. The molecule has 0 unspecified atom stereocenters. The van der Waals surface area contributed by atoms with Gasteiger partial charge in [-0.15, -0.1) is 0 Å². The van der Waals surface area contributed by atoms with Gasteiger partial charge in [0.1, 0.15) is 11.5 Å². The van der Waals surface area contributed by atoms with Gasteiger partial charge in [-0.3, -0.25) is 0 Å². The SMILES string of the molecule is Nc1ccc(-n2cccc2CN(Cc2ccccc2)C(=O)Nc2c(F)cc(F)cc2F)cc1. The first-order valence-electron chi connectivity index (χ1n) is 10.2. The van der Waals surface area contributed by atoms with Crippen molar-refractivity contribution in [2.24, 2.45) is 0 Å². The molecule has 5 nitrogen and oxygen atoms in total. The van der Waals surface area contributed by atoms with Crippen molar-refractivity contribution in [3.05, 3.63) is 114 Å². The van der Waals surface area contributed by atoms with E-state index < -0.39 is 29.2 Å². The lowest BCUT2D eigenvalue weighted by molar-refractivity contribution is 0.205. The molecule has 33 heavy (non-hydrogen) atoms. The van der Waals surface area contributed by atoms with Crippen molar-refractivity contribution in [1.82, 2.24) is 9.47 Å². The van der Waals surface area contributed by atoms with E-state index in [4.69, 9.17) is 5.73 Å². The van der Waals surface area contributed by atoms with E-state index in [0.717, 1.165) is 16.9 Å². The van der Waals surface area contributed by atoms with Crippen LogP contribution in [0.5, 0.6) is 0 Å². The largest absolute Gasteiger partial charge is 0.399 e. The van der Waals surface area contributed by atoms with E-state index in [1.54, 1.807) is 12.1 Å². The van der Waals surface area contributed by atoms with Gasteiger partial charge in [-0.25, -0.2) is 18.0 Å². The second-order valence-electron chi connectivity index (χ2n) is 7.48. The van der Waals surface area contributed by atoms with Gasteiger partial charge in [0.15, 0.2) is 11.6 Å². The molecule has 0 bridgehead atoms. The van der Waals surface area contributed by atoms with Gasteiger partial charge in [-0.1, -0.05) is 30.3 Å². The topological polar surface area (TPSA) is 63.3 Å². The number of rotatable bonds is 6. The van der Waals surface area contributed by atoms with Gasteiger partial charge < -0.3 is 20.5 Å². The fourth-order valence-corrected chi connectivity index (χ4v) is 3.48. The minimum atomic E-state index is -1.19. The van der Waals surface area contributed by atoms with Crippen molar-refractivity contribution < 1.29 is 18.0 Å². The molecule has 168 valence electrons. The van der Waals surface area contributed by atoms with Crippen LogP contribution < -0.4 is 11.1 Å². The maximum atomic E-state index is 14.1. The van der Waals surface area contributed by atoms with Crippen LogP contribution in [-0.2, 0) is 13.1 Å². The molecule has 0 spiro atoms. The number of nitrogen functional groups attached to an aromatic ring is 1.